The number of hydrogen-bond donors (Lipinski definition) is 1. The topological polar surface area (TPSA) is 29.5 Å². The van der Waals surface area contributed by atoms with Gasteiger partial charge >= 0.3 is 0 Å². The largest absolute Gasteiger partial charge is 0.490 e. The molecule has 0 aliphatic carbocycles. The van der Waals surface area contributed by atoms with Gasteiger partial charge in [0.25, 0.3) is 0 Å². The van der Waals surface area contributed by atoms with Crippen molar-refractivity contribution >= 4 is 0 Å². The first-order valence-electron chi connectivity index (χ1n) is 6.26. The number of aliphatic hydroxyl groups excluding tert-OH is 1. The van der Waals surface area contributed by atoms with Crippen LogP contribution >= 0.6 is 0 Å². The van der Waals surface area contributed by atoms with Crippen LogP contribution in [0.2, 0.25) is 0 Å². The normalized spacial score (nSPS) is 12.1. The molecule has 0 aliphatic heterocycles. The van der Waals surface area contributed by atoms with Crippen LogP contribution in [0, 0.1) is 0 Å². The summed E-state index contributed by atoms with van der Waals surface area (Å²) in [4.78, 5) is 0. The van der Waals surface area contributed by atoms with Crippen molar-refractivity contribution in [3.63, 3.8) is 0 Å². The lowest BCUT2D eigenvalue weighted by molar-refractivity contribution is 0.104. The SMILES string of the molecule is CCC(O)COc1ccccc1-c1ccccc1. The average Bonchev–Trinajstić information content (AvgIpc) is 2.46. The van der Waals surface area contributed by atoms with Gasteiger partial charge in [0.05, 0.1) is 6.10 Å². The monoisotopic (exact) mass is 242 g/mol. The number of rotatable bonds is 5. The highest BCUT2D eigenvalue weighted by molar-refractivity contribution is 5.70. The van der Waals surface area contributed by atoms with Gasteiger partial charge in [0.2, 0.25) is 0 Å². The van der Waals surface area contributed by atoms with Crippen molar-refractivity contribution in [2.24, 2.45) is 0 Å². The molecule has 2 rings (SSSR count). The summed E-state index contributed by atoms with van der Waals surface area (Å²) in [5.41, 5.74) is 2.18. The van der Waals surface area contributed by atoms with E-state index in [0.29, 0.717) is 13.0 Å². The second-order valence-corrected chi connectivity index (χ2v) is 4.24. The van der Waals surface area contributed by atoms with Crippen LogP contribution in [0.3, 0.4) is 0 Å². The molecule has 0 saturated heterocycles. The fourth-order valence-electron chi connectivity index (χ4n) is 1.75. The number of para-hydroxylation sites is 1. The lowest BCUT2D eigenvalue weighted by Gasteiger charge is -2.14. The van der Waals surface area contributed by atoms with Crippen molar-refractivity contribution < 1.29 is 9.84 Å². The molecule has 0 heterocycles. The number of ether oxygens (including phenoxy) is 1. The maximum atomic E-state index is 9.56. The van der Waals surface area contributed by atoms with Gasteiger partial charge in [-0.15, -0.1) is 0 Å². The van der Waals surface area contributed by atoms with Crippen molar-refractivity contribution in [2.75, 3.05) is 6.61 Å². The third kappa shape index (κ3) is 3.11. The Balaban J connectivity index is 2.21. The second kappa shape index (κ2) is 6.22. The van der Waals surface area contributed by atoms with Crippen LogP contribution in [-0.4, -0.2) is 17.8 Å². The molecule has 0 aliphatic rings. The summed E-state index contributed by atoms with van der Waals surface area (Å²) in [7, 11) is 0. The van der Waals surface area contributed by atoms with E-state index in [4.69, 9.17) is 4.74 Å². The fraction of sp³-hybridized carbons (Fsp3) is 0.250. The number of benzene rings is 2. The van der Waals surface area contributed by atoms with E-state index in [1.54, 1.807) is 0 Å². The molecule has 2 nitrogen and oxygen atoms in total. The molecule has 0 saturated carbocycles. The lowest BCUT2D eigenvalue weighted by atomic mass is 10.1. The van der Waals surface area contributed by atoms with Crippen LogP contribution < -0.4 is 4.74 Å². The van der Waals surface area contributed by atoms with Gasteiger partial charge in [-0.25, -0.2) is 0 Å². The quantitative estimate of drug-likeness (QED) is 0.869. The molecule has 1 unspecified atom stereocenters. The Morgan fingerprint density at radius 3 is 2.39 bits per heavy atom. The summed E-state index contributed by atoms with van der Waals surface area (Å²) in [6, 6.07) is 18.0. The summed E-state index contributed by atoms with van der Waals surface area (Å²) in [5.74, 6) is 0.816. The molecule has 2 aromatic carbocycles. The summed E-state index contributed by atoms with van der Waals surface area (Å²) >= 11 is 0. The van der Waals surface area contributed by atoms with Gasteiger partial charge < -0.3 is 9.84 Å². The van der Waals surface area contributed by atoms with E-state index in [1.165, 1.54) is 0 Å². The van der Waals surface area contributed by atoms with Crippen molar-refractivity contribution in [3.8, 4) is 16.9 Å². The Kier molecular flexibility index (Phi) is 4.37. The van der Waals surface area contributed by atoms with Gasteiger partial charge in [0.15, 0.2) is 0 Å². The Bertz CT molecular complexity index is 479. The Hall–Kier alpha value is -1.80. The second-order valence-electron chi connectivity index (χ2n) is 4.24. The van der Waals surface area contributed by atoms with E-state index in [1.807, 2.05) is 49.4 Å². The van der Waals surface area contributed by atoms with E-state index in [2.05, 4.69) is 12.1 Å². The summed E-state index contributed by atoms with van der Waals surface area (Å²) < 4.78 is 5.69. The maximum Gasteiger partial charge on any atom is 0.127 e. The molecule has 1 atom stereocenters. The molecule has 0 amide bonds. The Morgan fingerprint density at radius 1 is 1.00 bits per heavy atom. The molecule has 94 valence electrons. The van der Waals surface area contributed by atoms with Crippen molar-refractivity contribution in [3.05, 3.63) is 54.6 Å². The van der Waals surface area contributed by atoms with E-state index in [0.717, 1.165) is 16.9 Å². The minimum absolute atomic E-state index is 0.334. The van der Waals surface area contributed by atoms with Crippen LogP contribution in [0.4, 0.5) is 0 Å². The maximum absolute atomic E-state index is 9.56. The van der Waals surface area contributed by atoms with Crippen LogP contribution in [0.25, 0.3) is 11.1 Å². The number of hydrogen-bond acceptors (Lipinski definition) is 2. The Morgan fingerprint density at radius 2 is 1.67 bits per heavy atom. The van der Waals surface area contributed by atoms with E-state index >= 15 is 0 Å². The molecular formula is C16H18O2. The van der Waals surface area contributed by atoms with Crippen LogP contribution in [-0.2, 0) is 0 Å². The van der Waals surface area contributed by atoms with E-state index < -0.39 is 6.10 Å². The lowest BCUT2D eigenvalue weighted by Crippen LogP contribution is -2.16. The van der Waals surface area contributed by atoms with Crippen molar-refractivity contribution in [1.29, 1.82) is 0 Å². The first-order chi connectivity index (χ1) is 8.81. The van der Waals surface area contributed by atoms with Crippen LogP contribution in [0.15, 0.2) is 54.6 Å². The van der Waals surface area contributed by atoms with E-state index in [9.17, 15) is 5.11 Å². The predicted molar refractivity (Wildman–Crippen MR) is 73.7 cm³/mol. The third-order valence-corrected chi connectivity index (χ3v) is 2.87. The minimum atomic E-state index is -0.408. The minimum Gasteiger partial charge on any atom is -0.490 e. The molecular weight excluding hydrogens is 224 g/mol. The van der Waals surface area contributed by atoms with Gasteiger partial charge in [0.1, 0.15) is 12.4 Å². The Labute approximate surface area is 108 Å². The first-order valence-corrected chi connectivity index (χ1v) is 6.26. The molecule has 0 spiro atoms. The standard InChI is InChI=1S/C16H18O2/c1-2-14(17)12-18-16-11-7-6-10-15(16)13-8-4-3-5-9-13/h3-11,14,17H,2,12H2,1H3. The zero-order chi connectivity index (χ0) is 12.8. The van der Waals surface area contributed by atoms with Crippen LogP contribution in [0.5, 0.6) is 5.75 Å². The van der Waals surface area contributed by atoms with Gasteiger partial charge in [-0.1, -0.05) is 55.5 Å². The smallest absolute Gasteiger partial charge is 0.127 e. The molecule has 2 heteroatoms. The predicted octanol–water partition coefficient (Wildman–Crippen LogP) is 3.50. The highest BCUT2D eigenvalue weighted by Crippen LogP contribution is 2.29. The summed E-state index contributed by atoms with van der Waals surface area (Å²) in [6.45, 7) is 2.28. The fourth-order valence-corrected chi connectivity index (χ4v) is 1.75. The summed E-state index contributed by atoms with van der Waals surface area (Å²) in [6.07, 6.45) is 0.293. The zero-order valence-electron chi connectivity index (χ0n) is 10.5. The van der Waals surface area contributed by atoms with Gasteiger partial charge in [-0.2, -0.15) is 0 Å². The highest BCUT2D eigenvalue weighted by Gasteiger charge is 2.07. The van der Waals surface area contributed by atoms with Crippen molar-refractivity contribution in [1.82, 2.24) is 0 Å². The highest BCUT2D eigenvalue weighted by atomic mass is 16.5. The van der Waals surface area contributed by atoms with Crippen molar-refractivity contribution in [2.45, 2.75) is 19.4 Å². The molecule has 0 radical (unpaired) electrons. The van der Waals surface area contributed by atoms with Gasteiger partial charge in [-0.3, -0.25) is 0 Å². The summed E-state index contributed by atoms with van der Waals surface area (Å²) in [5, 5.41) is 9.56. The zero-order valence-corrected chi connectivity index (χ0v) is 10.5. The van der Waals surface area contributed by atoms with Gasteiger partial charge in [0, 0.05) is 5.56 Å². The molecule has 0 bridgehead atoms. The van der Waals surface area contributed by atoms with E-state index in [-0.39, 0.29) is 0 Å². The number of aliphatic hydroxyl groups is 1. The third-order valence-electron chi connectivity index (χ3n) is 2.87. The molecule has 18 heavy (non-hydrogen) atoms. The van der Waals surface area contributed by atoms with Gasteiger partial charge in [-0.05, 0) is 18.1 Å². The average molecular weight is 242 g/mol. The molecule has 1 N–H and O–H groups in total. The molecule has 0 fully saturated rings. The molecule has 2 aromatic rings. The van der Waals surface area contributed by atoms with Crippen LogP contribution in [0.1, 0.15) is 13.3 Å². The molecule has 0 aromatic heterocycles. The first kappa shape index (κ1) is 12.7.